The summed E-state index contributed by atoms with van der Waals surface area (Å²) in [6, 6.07) is 12.9. The zero-order valence-corrected chi connectivity index (χ0v) is 44.4. The van der Waals surface area contributed by atoms with Crippen LogP contribution in [0.2, 0.25) is 10.0 Å². The number of nitrogens with zero attached hydrogens (tertiary/aromatic N) is 6. The van der Waals surface area contributed by atoms with Crippen LogP contribution in [0.1, 0.15) is 104 Å². The average Bonchev–Trinajstić information content (AvgIpc) is 3.54. The Balaban J connectivity index is 0.000000215. The highest BCUT2D eigenvalue weighted by Gasteiger charge is 2.36. The summed E-state index contributed by atoms with van der Waals surface area (Å²) in [5.41, 5.74) is 9.48. The number of ether oxygens (including phenoxy) is 1. The molecule has 9 rings (SSSR count). The summed E-state index contributed by atoms with van der Waals surface area (Å²) >= 11 is 27.5. The van der Waals surface area contributed by atoms with Gasteiger partial charge in [0.1, 0.15) is 5.60 Å². The molecule has 0 saturated carbocycles. The van der Waals surface area contributed by atoms with Gasteiger partial charge >= 0.3 is 6.09 Å². The van der Waals surface area contributed by atoms with Gasteiger partial charge in [0.2, 0.25) is 5.91 Å². The van der Waals surface area contributed by atoms with Gasteiger partial charge in [0.25, 0.3) is 0 Å². The Morgan fingerprint density at radius 3 is 1.65 bits per heavy atom. The summed E-state index contributed by atoms with van der Waals surface area (Å²) in [4.78, 5) is 44.2. The maximum atomic E-state index is 13.3. The Bertz CT molecular complexity index is 2360. The molecular formula is C49H59Br4Cl2N7O3. The zero-order valence-electron chi connectivity index (χ0n) is 36.5. The number of piperazine rings is 2. The van der Waals surface area contributed by atoms with Gasteiger partial charge in [0.15, 0.2) is 0 Å². The first kappa shape index (κ1) is 50.7. The molecule has 2 atom stereocenters. The van der Waals surface area contributed by atoms with Crippen molar-refractivity contribution >= 4 is 98.9 Å². The molecule has 2 unspecified atom stereocenters. The van der Waals surface area contributed by atoms with Crippen molar-refractivity contribution in [2.75, 3.05) is 65.4 Å². The van der Waals surface area contributed by atoms with Crippen LogP contribution in [-0.2, 0) is 35.2 Å². The van der Waals surface area contributed by atoms with E-state index in [4.69, 9.17) is 37.9 Å². The third-order valence-electron chi connectivity index (χ3n) is 13.1. The highest BCUT2D eigenvalue weighted by Crippen LogP contribution is 2.43. The lowest BCUT2D eigenvalue weighted by atomic mass is 9.93. The van der Waals surface area contributed by atoms with Gasteiger partial charge in [-0.05, 0) is 187 Å². The standard InChI is InChI=1S/C30H37Br2ClN4O3.C18H18Br2ClN3.CH4/c1-30(2,3)40-29(39)37-10-8-19(9-11-37)16-25(38)35-12-14-36(15-13-35)28-23-6-7-24(33)26(32)22(23)5-4-20-17-21(31)18-34-27(20)28;19-12-9-11-1-2-13-14(3-4-15(21)16(13)20)18(17(11)23-10-12)24-7-5-22-6-8-24;/h6-7,17-19,28H,4-5,8-16H2,1-3H3;3-4,9-10,18,22H,1-2,5-8H2;1H4. The van der Waals surface area contributed by atoms with E-state index in [1.807, 2.05) is 50.2 Å². The molecule has 350 valence electrons. The van der Waals surface area contributed by atoms with Crippen LogP contribution in [-0.4, -0.2) is 113 Å². The first-order valence-electron chi connectivity index (χ1n) is 22.3. The van der Waals surface area contributed by atoms with Crippen LogP contribution >= 0.6 is 86.9 Å². The molecule has 2 aromatic heterocycles. The number of benzene rings is 2. The maximum absolute atomic E-state index is 13.3. The van der Waals surface area contributed by atoms with Crippen LogP contribution in [0, 0.1) is 5.92 Å². The molecule has 0 radical (unpaired) electrons. The zero-order chi connectivity index (χ0) is 45.3. The van der Waals surface area contributed by atoms with Crippen LogP contribution in [0.3, 0.4) is 0 Å². The minimum atomic E-state index is -0.497. The molecule has 5 aliphatic rings. The number of aryl methyl sites for hydroxylation is 2. The van der Waals surface area contributed by atoms with E-state index >= 15 is 0 Å². The number of nitrogens with one attached hydrogen (secondary N) is 1. The molecule has 2 aliphatic carbocycles. The van der Waals surface area contributed by atoms with Gasteiger partial charge in [-0.15, -0.1) is 0 Å². The van der Waals surface area contributed by atoms with E-state index in [0.29, 0.717) is 38.5 Å². The van der Waals surface area contributed by atoms with E-state index in [-0.39, 0.29) is 31.5 Å². The molecule has 1 N–H and O–H groups in total. The third-order valence-corrected chi connectivity index (χ3v) is 16.8. The van der Waals surface area contributed by atoms with Gasteiger partial charge in [-0.2, -0.15) is 0 Å². The monoisotopic (exact) mass is 1180 g/mol. The third kappa shape index (κ3) is 11.8. The molecule has 65 heavy (non-hydrogen) atoms. The summed E-state index contributed by atoms with van der Waals surface area (Å²) in [5, 5.41) is 4.96. The Morgan fingerprint density at radius 2 is 1.17 bits per heavy atom. The first-order valence-corrected chi connectivity index (χ1v) is 26.2. The minimum absolute atomic E-state index is 0. The van der Waals surface area contributed by atoms with Crippen molar-refractivity contribution in [1.29, 1.82) is 0 Å². The molecule has 3 aliphatic heterocycles. The fourth-order valence-corrected chi connectivity index (χ4v) is 12.1. The largest absolute Gasteiger partial charge is 0.444 e. The fraction of sp³-hybridized carbons (Fsp3) is 0.510. The second-order valence-electron chi connectivity index (χ2n) is 18.4. The molecule has 3 fully saturated rings. The Labute approximate surface area is 428 Å². The van der Waals surface area contributed by atoms with Gasteiger partial charge in [0.05, 0.1) is 33.5 Å². The van der Waals surface area contributed by atoms with Gasteiger partial charge < -0.3 is 19.9 Å². The van der Waals surface area contributed by atoms with Crippen molar-refractivity contribution in [2.45, 2.75) is 90.8 Å². The quantitative estimate of drug-likeness (QED) is 0.216. The van der Waals surface area contributed by atoms with E-state index in [2.05, 4.69) is 103 Å². The number of amides is 2. The normalized spacial score (nSPS) is 20.4. The highest BCUT2D eigenvalue weighted by atomic mass is 79.9. The van der Waals surface area contributed by atoms with E-state index in [0.717, 1.165) is 111 Å². The lowest BCUT2D eigenvalue weighted by Gasteiger charge is -2.40. The number of piperidine rings is 1. The van der Waals surface area contributed by atoms with Crippen molar-refractivity contribution in [2.24, 2.45) is 5.92 Å². The van der Waals surface area contributed by atoms with Crippen molar-refractivity contribution in [3.63, 3.8) is 0 Å². The first-order chi connectivity index (χ1) is 30.6. The van der Waals surface area contributed by atoms with E-state index in [9.17, 15) is 9.59 Å². The number of pyridine rings is 2. The van der Waals surface area contributed by atoms with Crippen LogP contribution in [0.25, 0.3) is 0 Å². The number of carbonyl (C=O) groups excluding carboxylic acids is 2. The van der Waals surface area contributed by atoms with Crippen LogP contribution < -0.4 is 5.32 Å². The van der Waals surface area contributed by atoms with Crippen molar-refractivity contribution in [3.05, 3.63) is 121 Å². The molecule has 3 saturated heterocycles. The molecule has 0 bridgehead atoms. The molecular weight excluding hydrogens is 1130 g/mol. The van der Waals surface area contributed by atoms with Gasteiger partial charge in [-0.3, -0.25) is 24.6 Å². The number of carbonyl (C=O) groups is 2. The number of fused-ring (bicyclic) bond motifs is 4. The fourth-order valence-electron chi connectivity index (χ4n) is 9.86. The molecule has 4 aromatic rings. The van der Waals surface area contributed by atoms with Gasteiger partial charge in [0, 0.05) is 102 Å². The molecule has 5 heterocycles. The van der Waals surface area contributed by atoms with Gasteiger partial charge in [-0.1, -0.05) is 42.8 Å². The summed E-state index contributed by atoms with van der Waals surface area (Å²) in [7, 11) is 0. The van der Waals surface area contributed by atoms with Crippen LogP contribution in [0.5, 0.6) is 0 Å². The van der Waals surface area contributed by atoms with E-state index < -0.39 is 5.60 Å². The second kappa shape index (κ2) is 22.1. The molecule has 16 heteroatoms. The molecule has 2 amide bonds. The van der Waals surface area contributed by atoms with Crippen LogP contribution in [0.4, 0.5) is 4.79 Å². The van der Waals surface area contributed by atoms with E-state index in [1.165, 1.54) is 39.1 Å². The number of rotatable bonds is 4. The number of hydrogen-bond acceptors (Lipinski definition) is 8. The molecule has 2 aromatic carbocycles. The Kier molecular flexibility index (Phi) is 17.2. The summed E-state index contributed by atoms with van der Waals surface area (Å²) in [6.45, 7) is 14.0. The molecule has 10 nitrogen and oxygen atoms in total. The molecule has 0 spiro atoms. The summed E-state index contributed by atoms with van der Waals surface area (Å²) in [5.74, 6) is 0.517. The minimum Gasteiger partial charge on any atom is -0.444 e. The average molecular weight is 1180 g/mol. The predicted octanol–water partition coefficient (Wildman–Crippen LogP) is 11.6. The van der Waals surface area contributed by atoms with Crippen molar-refractivity contribution < 1.29 is 14.3 Å². The van der Waals surface area contributed by atoms with Crippen LogP contribution in [0.15, 0.2) is 66.7 Å². The summed E-state index contributed by atoms with van der Waals surface area (Å²) in [6.07, 6.45) is 9.50. The number of halogens is 6. The smallest absolute Gasteiger partial charge is 0.410 e. The maximum Gasteiger partial charge on any atom is 0.410 e. The SMILES string of the molecule is C.CC(C)(C)OC(=O)N1CCC(CC(=O)N2CCN(C3c4ccc(Cl)c(Br)c4CCc4cc(Br)cnc43)CC2)CC1.Clc1ccc2c(c1Br)CCc1cc(Br)cnc1C2N1CCNCC1. The van der Waals surface area contributed by atoms with E-state index in [1.54, 1.807) is 4.90 Å². The lowest BCUT2D eigenvalue weighted by Crippen LogP contribution is -2.50. The Hall–Kier alpha value is -2.14. The topological polar surface area (TPSA) is 94.1 Å². The number of hydrogen-bond donors (Lipinski definition) is 1. The number of aromatic nitrogens is 2. The highest BCUT2D eigenvalue weighted by molar-refractivity contribution is 9.11. The van der Waals surface area contributed by atoms with Crippen molar-refractivity contribution in [1.82, 2.24) is 34.9 Å². The predicted molar refractivity (Wildman–Crippen MR) is 275 cm³/mol. The summed E-state index contributed by atoms with van der Waals surface area (Å²) < 4.78 is 9.54. The number of likely N-dealkylation sites (tertiary alicyclic amines) is 1. The van der Waals surface area contributed by atoms with Gasteiger partial charge in [-0.25, -0.2) is 4.79 Å². The Morgan fingerprint density at radius 1 is 0.692 bits per heavy atom. The second-order valence-corrected chi connectivity index (χ2v) is 22.6. The van der Waals surface area contributed by atoms with Crippen molar-refractivity contribution in [3.8, 4) is 0 Å². The lowest BCUT2D eigenvalue weighted by molar-refractivity contribution is -0.134.